The molecule has 0 aliphatic rings. The van der Waals surface area contributed by atoms with Gasteiger partial charge in [0.25, 0.3) is 0 Å². The van der Waals surface area contributed by atoms with E-state index >= 15 is 0 Å². The molecule has 0 radical (unpaired) electrons. The summed E-state index contributed by atoms with van der Waals surface area (Å²) in [4.78, 5) is 0. The Kier molecular flexibility index (Phi) is 6.24. The van der Waals surface area contributed by atoms with Crippen LogP contribution >= 0.6 is 11.6 Å². The Balaban J connectivity index is 3.07. The number of ether oxygens (including phenoxy) is 3. The summed E-state index contributed by atoms with van der Waals surface area (Å²) < 4.78 is 15.8. The highest BCUT2D eigenvalue weighted by Gasteiger charge is 2.14. The Morgan fingerprint density at radius 3 is 2.33 bits per heavy atom. The Labute approximate surface area is 113 Å². The van der Waals surface area contributed by atoms with Crippen molar-refractivity contribution in [2.75, 3.05) is 27.2 Å². The summed E-state index contributed by atoms with van der Waals surface area (Å²) in [5.41, 5.74) is 0.782. The van der Waals surface area contributed by atoms with Gasteiger partial charge in [0.2, 0.25) is 5.75 Å². The first-order valence-corrected chi connectivity index (χ1v) is 6.15. The smallest absolute Gasteiger partial charge is 0.204 e. The average Bonchev–Trinajstić information content (AvgIpc) is 2.42. The Morgan fingerprint density at radius 2 is 1.78 bits per heavy atom. The van der Waals surface area contributed by atoms with Gasteiger partial charge in [-0.25, -0.2) is 0 Å². The highest BCUT2D eigenvalue weighted by Crippen LogP contribution is 2.39. The Morgan fingerprint density at radius 1 is 1.06 bits per heavy atom. The Hall–Kier alpha value is -1.53. The predicted molar refractivity (Wildman–Crippen MR) is 72.9 cm³/mol. The van der Waals surface area contributed by atoms with E-state index < -0.39 is 0 Å². The van der Waals surface area contributed by atoms with E-state index in [1.54, 1.807) is 21.3 Å². The van der Waals surface area contributed by atoms with Crippen molar-refractivity contribution in [3.8, 4) is 29.1 Å². The van der Waals surface area contributed by atoms with E-state index in [0.29, 0.717) is 23.1 Å². The summed E-state index contributed by atoms with van der Waals surface area (Å²) >= 11 is 5.60. The number of methoxy groups -OCH3 is 3. The molecule has 0 aromatic heterocycles. The van der Waals surface area contributed by atoms with Gasteiger partial charge in [-0.15, -0.1) is 11.6 Å². The standard InChI is InChI=1S/C14H17ClO3/c1-16-12-9-8-11(7-5-4-6-10-15)13(17-2)14(12)18-3/h8-9H,4,6,10H2,1-3H3. The molecule has 1 rings (SSSR count). The number of halogens is 1. The van der Waals surface area contributed by atoms with Crippen LogP contribution in [0.4, 0.5) is 0 Å². The van der Waals surface area contributed by atoms with E-state index in [0.717, 1.165) is 18.4 Å². The molecule has 0 atom stereocenters. The lowest BCUT2D eigenvalue weighted by atomic mass is 10.1. The second-order valence-corrected chi connectivity index (χ2v) is 3.85. The normalized spacial score (nSPS) is 9.33. The molecule has 3 nitrogen and oxygen atoms in total. The molecule has 0 saturated heterocycles. The molecule has 0 saturated carbocycles. The molecule has 0 bridgehead atoms. The molecule has 0 amide bonds. The van der Waals surface area contributed by atoms with Crippen LogP contribution in [0.1, 0.15) is 18.4 Å². The highest BCUT2D eigenvalue weighted by molar-refractivity contribution is 6.17. The number of hydrogen-bond acceptors (Lipinski definition) is 3. The lowest BCUT2D eigenvalue weighted by Gasteiger charge is -2.13. The van der Waals surface area contributed by atoms with Crippen LogP contribution in [0.3, 0.4) is 0 Å². The van der Waals surface area contributed by atoms with Crippen LogP contribution in [0.15, 0.2) is 12.1 Å². The van der Waals surface area contributed by atoms with Crippen LogP contribution in [0.5, 0.6) is 17.2 Å². The second-order valence-electron chi connectivity index (χ2n) is 3.48. The number of rotatable bonds is 5. The third kappa shape index (κ3) is 3.48. The summed E-state index contributed by atoms with van der Waals surface area (Å²) in [7, 11) is 4.75. The summed E-state index contributed by atoms with van der Waals surface area (Å²) in [6, 6.07) is 3.67. The van der Waals surface area contributed by atoms with Crippen molar-refractivity contribution in [3.05, 3.63) is 17.7 Å². The van der Waals surface area contributed by atoms with Crippen molar-refractivity contribution >= 4 is 11.6 Å². The summed E-state index contributed by atoms with van der Waals surface area (Å²) in [6.45, 7) is 0. The zero-order valence-electron chi connectivity index (χ0n) is 10.9. The van der Waals surface area contributed by atoms with Gasteiger partial charge in [0.05, 0.1) is 26.9 Å². The van der Waals surface area contributed by atoms with E-state index in [2.05, 4.69) is 11.8 Å². The van der Waals surface area contributed by atoms with Gasteiger partial charge in [0.1, 0.15) is 0 Å². The number of hydrogen-bond donors (Lipinski definition) is 0. The molecular weight excluding hydrogens is 252 g/mol. The minimum atomic E-state index is 0.559. The van der Waals surface area contributed by atoms with Gasteiger partial charge in [-0.3, -0.25) is 0 Å². The van der Waals surface area contributed by atoms with Crippen molar-refractivity contribution in [2.45, 2.75) is 12.8 Å². The quantitative estimate of drug-likeness (QED) is 0.467. The third-order valence-corrected chi connectivity index (χ3v) is 2.63. The zero-order valence-corrected chi connectivity index (χ0v) is 11.6. The fourth-order valence-electron chi connectivity index (χ4n) is 1.51. The van der Waals surface area contributed by atoms with E-state index in [1.165, 1.54) is 0 Å². The van der Waals surface area contributed by atoms with Gasteiger partial charge in [-0.1, -0.05) is 11.8 Å². The molecule has 0 fully saturated rings. The molecule has 0 N–H and O–H groups in total. The molecule has 1 aromatic carbocycles. The maximum atomic E-state index is 5.60. The fourth-order valence-corrected chi connectivity index (χ4v) is 1.65. The molecule has 0 aliphatic heterocycles. The lowest BCUT2D eigenvalue weighted by molar-refractivity contribution is 0.324. The van der Waals surface area contributed by atoms with Gasteiger partial charge in [0, 0.05) is 12.3 Å². The number of benzene rings is 1. The monoisotopic (exact) mass is 268 g/mol. The Bertz CT molecular complexity index is 446. The van der Waals surface area contributed by atoms with E-state index in [1.807, 2.05) is 12.1 Å². The first-order valence-electron chi connectivity index (χ1n) is 5.62. The van der Waals surface area contributed by atoms with Crippen LogP contribution in [0.2, 0.25) is 0 Å². The maximum Gasteiger partial charge on any atom is 0.204 e. The first kappa shape index (κ1) is 14.5. The van der Waals surface area contributed by atoms with Gasteiger partial charge < -0.3 is 14.2 Å². The van der Waals surface area contributed by atoms with Crippen molar-refractivity contribution in [2.24, 2.45) is 0 Å². The van der Waals surface area contributed by atoms with Gasteiger partial charge in [-0.05, 0) is 18.6 Å². The predicted octanol–water partition coefficient (Wildman–Crippen LogP) is 3.08. The van der Waals surface area contributed by atoms with Gasteiger partial charge in [-0.2, -0.15) is 0 Å². The summed E-state index contributed by atoms with van der Waals surface area (Å²) in [5, 5.41) is 0. The SMILES string of the molecule is COc1ccc(C#CCCCCl)c(OC)c1OC. The van der Waals surface area contributed by atoms with Crippen LogP contribution < -0.4 is 14.2 Å². The molecule has 98 valence electrons. The molecule has 0 unspecified atom stereocenters. The highest BCUT2D eigenvalue weighted by atomic mass is 35.5. The van der Waals surface area contributed by atoms with E-state index in [9.17, 15) is 0 Å². The van der Waals surface area contributed by atoms with Crippen molar-refractivity contribution in [1.82, 2.24) is 0 Å². The van der Waals surface area contributed by atoms with Crippen molar-refractivity contribution in [1.29, 1.82) is 0 Å². The molecular formula is C14H17ClO3. The first-order chi connectivity index (χ1) is 8.78. The molecule has 1 aromatic rings. The van der Waals surface area contributed by atoms with Gasteiger partial charge in [0.15, 0.2) is 11.5 Å². The molecule has 18 heavy (non-hydrogen) atoms. The summed E-state index contributed by atoms with van der Waals surface area (Å²) in [6.07, 6.45) is 1.64. The third-order valence-electron chi connectivity index (χ3n) is 2.36. The fraction of sp³-hybridized carbons (Fsp3) is 0.429. The zero-order chi connectivity index (χ0) is 13.4. The van der Waals surface area contributed by atoms with Crippen LogP contribution in [-0.4, -0.2) is 27.2 Å². The number of alkyl halides is 1. The molecule has 0 spiro atoms. The molecule has 0 aliphatic carbocycles. The number of unbranched alkanes of at least 4 members (excludes halogenated alkanes) is 1. The molecule has 4 heteroatoms. The van der Waals surface area contributed by atoms with Crippen LogP contribution in [-0.2, 0) is 0 Å². The topological polar surface area (TPSA) is 27.7 Å². The van der Waals surface area contributed by atoms with E-state index in [4.69, 9.17) is 25.8 Å². The minimum absolute atomic E-state index is 0.559. The largest absolute Gasteiger partial charge is 0.493 e. The summed E-state index contributed by atoms with van der Waals surface area (Å²) in [5.74, 6) is 8.51. The lowest BCUT2D eigenvalue weighted by Crippen LogP contribution is -1.96. The van der Waals surface area contributed by atoms with E-state index in [-0.39, 0.29) is 0 Å². The van der Waals surface area contributed by atoms with Crippen LogP contribution in [0.25, 0.3) is 0 Å². The van der Waals surface area contributed by atoms with Crippen molar-refractivity contribution in [3.63, 3.8) is 0 Å². The molecule has 0 heterocycles. The minimum Gasteiger partial charge on any atom is -0.493 e. The van der Waals surface area contributed by atoms with Crippen LogP contribution in [0, 0.1) is 11.8 Å². The second kappa shape index (κ2) is 7.73. The van der Waals surface area contributed by atoms with Gasteiger partial charge >= 0.3 is 0 Å². The average molecular weight is 269 g/mol. The van der Waals surface area contributed by atoms with Crippen molar-refractivity contribution < 1.29 is 14.2 Å². The maximum absolute atomic E-state index is 5.60.